The van der Waals surface area contributed by atoms with E-state index in [1.165, 1.54) is 0 Å². The third-order valence-electron chi connectivity index (χ3n) is 4.26. The second-order valence-electron chi connectivity index (χ2n) is 5.41. The molecule has 4 atom stereocenters. The Kier molecular flexibility index (Phi) is 3.26. The van der Waals surface area contributed by atoms with Crippen LogP contribution >= 0.6 is 0 Å². The van der Waals surface area contributed by atoms with Crippen LogP contribution in [-0.2, 0) is 16.1 Å². The molecule has 1 fully saturated rings. The minimum atomic E-state index is -0.870. The first kappa shape index (κ1) is 12.8. The summed E-state index contributed by atoms with van der Waals surface area (Å²) in [5.41, 5.74) is 0.957. The number of hydrogen-bond acceptors (Lipinski definition) is 3. The van der Waals surface area contributed by atoms with E-state index in [4.69, 9.17) is 0 Å². The number of nitrogens with zero attached hydrogens (tertiary/aromatic N) is 1. The van der Waals surface area contributed by atoms with Gasteiger partial charge >= 0.3 is 5.97 Å². The van der Waals surface area contributed by atoms with Crippen molar-refractivity contribution in [1.29, 1.82) is 0 Å². The van der Waals surface area contributed by atoms with Gasteiger partial charge in [0, 0.05) is 18.9 Å². The van der Waals surface area contributed by atoms with Crippen molar-refractivity contribution in [1.82, 2.24) is 10.3 Å². The summed E-state index contributed by atoms with van der Waals surface area (Å²) in [6.07, 6.45) is 8.05. The van der Waals surface area contributed by atoms with Crippen molar-refractivity contribution in [3.8, 4) is 0 Å². The van der Waals surface area contributed by atoms with Crippen molar-refractivity contribution in [3.63, 3.8) is 0 Å². The van der Waals surface area contributed by atoms with Crippen LogP contribution in [0.15, 0.2) is 36.7 Å². The highest BCUT2D eigenvalue weighted by Crippen LogP contribution is 2.48. The maximum atomic E-state index is 12.3. The minimum Gasteiger partial charge on any atom is -0.481 e. The number of pyridine rings is 1. The highest BCUT2D eigenvalue weighted by atomic mass is 16.4. The van der Waals surface area contributed by atoms with Gasteiger partial charge in [0.05, 0.1) is 11.8 Å². The van der Waals surface area contributed by atoms with Crippen LogP contribution in [0.4, 0.5) is 0 Å². The van der Waals surface area contributed by atoms with Gasteiger partial charge in [0.25, 0.3) is 0 Å². The van der Waals surface area contributed by atoms with E-state index in [9.17, 15) is 14.7 Å². The van der Waals surface area contributed by atoms with E-state index in [1.807, 2.05) is 24.3 Å². The number of carbonyl (C=O) groups excluding carboxylic acids is 1. The molecule has 2 N–H and O–H groups in total. The van der Waals surface area contributed by atoms with Gasteiger partial charge in [-0.1, -0.05) is 12.2 Å². The summed E-state index contributed by atoms with van der Waals surface area (Å²) in [6.45, 7) is 0.408. The first-order valence-corrected chi connectivity index (χ1v) is 6.74. The monoisotopic (exact) mass is 272 g/mol. The third kappa shape index (κ3) is 2.19. The molecule has 104 valence electrons. The molecule has 0 saturated heterocycles. The zero-order valence-corrected chi connectivity index (χ0v) is 10.9. The van der Waals surface area contributed by atoms with E-state index in [2.05, 4.69) is 10.3 Å². The first-order valence-electron chi connectivity index (χ1n) is 6.74. The molecule has 0 aliphatic heterocycles. The molecule has 5 nitrogen and oxygen atoms in total. The number of hydrogen-bond donors (Lipinski definition) is 2. The Morgan fingerprint density at radius 3 is 2.50 bits per heavy atom. The van der Waals surface area contributed by atoms with Gasteiger partial charge in [-0.15, -0.1) is 0 Å². The number of carbonyl (C=O) groups is 2. The van der Waals surface area contributed by atoms with Gasteiger partial charge in [-0.3, -0.25) is 14.6 Å². The van der Waals surface area contributed by atoms with Crippen LogP contribution in [0.5, 0.6) is 0 Å². The molecule has 1 heterocycles. The maximum absolute atomic E-state index is 12.3. The molecule has 4 unspecified atom stereocenters. The number of amides is 1. The van der Waals surface area contributed by atoms with Crippen LogP contribution in [0.1, 0.15) is 12.0 Å². The lowest BCUT2D eigenvalue weighted by molar-refractivity contribution is -0.147. The Labute approximate surface area is 116 Å². The standard InChI is InChI=1S/C15H16N2O3/c18-14(17-8-9-3-5-16-6-4-9)12-10-1-2-11(7-10)13(12)15(19)20/h1-6,10-13H,7-8H2,(H,17,18)(H,19,20). The molecule has 20 heavy (non-hydrogen) atoms. The van der Waals surface area contributed by atoms with Crippen molar-refractivity contribution in [2.75, 3.05) is 0 Å². The topological polar surface area (TPSA) is 79.3 Å². The zero-order valence-electron chi connectivity index (χ0n) is 10.9. The molecular weight excluding hydrogens is 256 g/mol. The van der Waals surface area contributed by atoms with Gasteiger partial charge in [-0.2, -0.15) is 0 Å². The third-order valence-corrected chi connectivity index (χ3v) is 4.26. The Morgan fingerprint density at radius 2 is 1.85 bits per heavy atom. The number of carboxylic acid groups (broad SMARTS) is 1. The highest BCUT2D eigenvalue weighted by Gasteiger charge is 2.51. The molecule has 0 spiro atoms. The van der Waals surface area contributed by atoms with E-state index in [1.54, 1.807) is 12.4 Å². The van der Waals surface area contributed by atoms with Gasteiger partial charge < -0.3 is 10.4 Å². The predicted molar refractivity (Wildman–Crippen MR) is 71.4 cm³/mol. The van der Waals surface area contributed by atoms with Gasteiger partial charge in [0.2, 0.25) is 5.91 Å². The maximum Gasteiger partial charge on any atom is 0.307 e. The largest absolute Gasteiger partial charge is 0.481 e. The van der Waals surface area contributed by atoms with Crippen molar-refractivity contribution in [2.24, 2.45) is 23.7 Å². The van der Waals surface area contributed by atoms with Crippen LogP contribution in [0.25, 0.3) is 0 Å². The normalized spacial score (nSPS) is 30.4. The first-order chi connectivity index (χ1) is 9.66. The summed E-state index contributed by atoms with van der Waals surface area (Å²) < 4.78 is 0. The number of fused-ring (bicyclic) bond motifs is 2. The fourth-order valence-corrected chi connectivity index (χ4v) is 3.32. The van der Waals surface area contributed by atoms with Crippen molar-refractivity contribution in [3.05, 3.63) is 42.2 Å². The second-order valence-corrected chi connectivity index (χ2v) is 5.41. The lowest BCUT2D eigenvalue weighted by Crippen LogP contribution is -2.39. The number of allylic oxidation sites excluding steroid dienone is 2. The Morgan fingerprint density at radius 1 is 1.20 bits per heavy atom. The van der Waals surface area contributed by atoms with Crippen LogP contribution in [0.3, 0.4) is 0 Å². The van der Waals surface area contributed by atoms with Crippen LogP contribution in [-0.4, -0.2) is 22.0 Å². The summed E-state index contributed by atoms with van der Waals surface area (Å²) in [4.78, 5) is 27.6. The summed E-state index contributed by atoms with van der Waals surface area (Å²) in [7, 11) is 0. The van der Waals surface area contributed by atoms with Gasteiger partial charge in [0.15, 0.2) is 0 Å². The molecule has 5 heteroatoms. The fourth-order valence-electron chi connectivity index (χ4n) is 3.32. The number of carboxylic acids is 1. The summed E-state index contributed by atoms with van der Waals surface area (Å²) in [6, 6.07) is 3.66. The lowest BCUT2D eigenvalue weighted by atomic mass is 9.82. The average Bonchev–Trinajstić information content (AvgIpc) is 3.06. The zero-order chi connectivity index (χ0) is 14.1. The molecule has 2 bridgehead atoms. The van der Waals surface area contributed by atoms with Crippen molar-refractivity contribution >= 4 is 11.9 Å². The van der Waals surface area contributed by atoms with E-state index >= 15 is 0 Å². The van der Waals surface area contributed by atoms with E-state index in [0.717, 1.165) is 12.0 Å². The predicted octanol–water partition coefficient (Wildman–Crippen LogP) is 1.22. The van der Waals surface area contributed by atoms with Crippen molar-refractivity contribution in [2.45, 2.75) is 13.0 Å². The molecule has 3 rings (SSSR count). The summed E-state index contributed by atoms with van der Waals surface area (Å²) >= 11 is 0. The van der Waals surface area contributed by atoms with Gasteiger partial charge in [-0.25, -0.2) is 0 Å². The van der Waals surface area contributed by atoms with Gasteiger partial charge in [-0.05, 0) is 36.0 Å². The molecule has 1 aromatic heterocycles. The number of aromatic nitrogens is 1. The van der Waals surface area contributed by atoms with E-state index in [0.29, 0.717) is 6.54 Å². The smallest absolute Gasteiger partial charge is 0.307 e. The highest BCUT2D eigenvalue weighted by molar-refractivity contribution is 5.86. The molecule has 0 aromatic carbocycles. The molecule has 1 aromatic rings. The minimum absolute atomic E-state index is 0.00850. The number of aliphatic carboxylic acids is 1. The van der Waals surface area contributed by atoms with E-state index in [-0.39, 0.29) is 17.7 Å². The van der Waals surface area contributed by atoms with Crippen molar-refractivity contribution < 1.29 is 14.7 Å². The molecule has 2 aliphatic carbocycles. The summed E-state index contributed by atoms with van der Waals surface area (Å²) in [5, 5.41) is 12.2. The molecular formula is C15H16N2O3. The Hall–Kier alpha value is -2.17. The van der Waals surface area contributed by atoms with Crippen LogP contribution in [0, 0.1) is 23.7 Å². The van der Waals surface area contributed by atoms with E-state index < -0.39 is 17.8 Å². The quantitative estimate of drug-likeness (QED) is 0.808. The molecule has 0 radical (unpaired) electrons. The molecule has 1 saturated carbocycles. The molecule has 2 aliphatic rings. The Bertz CT molecular complexity index is 555. The average molecular weight is 272 g/mol. The van der Waals surface area contributed by atoms with Crippen LogP contribution in [0.2, 0.25) is 0 Å². The fraction of sp³-hybridized carbons (Fsp3) is 0.400. The second kappa shape index (κ2) is 5.07. The SMILES string of the molecule is O=C(O)C1C2C=CC(C2)C1C(=O)NCc1ccncc1. The van der Waals surface area contributed by atoms with Crippen LogP contribution < -0.4 is 5.32 Å². The van der Waals surface area contributed by atoms with Gasteiger partial charge in [0.1, 0.15) is 0 Å². The Balaban J connectivity index is 1.68. The summed E-state index contributed by atoms with van der Waals surface area (Å²) in [5.74, 6) is -1.98. The number of rotatable bonds is 4. The molecule has 1 amide bonds. The number of nitrogens with one attached hydrogen (secondary N) is 1. The lowest BCUT2D eigenvalue weighted by Gasteiger charge is -2.23.